The molecule has 2 aromatic heterocycles. The number of amides is 1. The third-order valence-electron chi connectivity index (χ3n) is 4.55. The Balaban J connectivity index is 1.45. The maximum atomic E-state index is 12.6. The third-order valence-corrected chi connectivity index (χ3v) is 6.18. The molecule has 10 nitrogen and oxygen atoms in total. The normalized spacial score (nSPS) is 10.7. The number of nitrogens with one attached hydrogen (secondary N) is 1. The van der Waals surface area contributed by atoms with E-state index < -0.39 is 16.8 Å². The van der Waals surface area contributed by atoms with E-state index in [2.05, 4.69) is 10.4 Å². The van der Waals surface area contributed by atoms with Crippen LogP contribution in [0.5, 0.6) is 5.75 Å². The molecule has 33 heavy (non-hydrogen) atoms. The van der Waals surface area contributed by atoms with Crippen LogP contribution in [0.2, 0.25) is 5.02 Å². The van der Waals surface area contributed by atoms with Crippen molar-refractivity contribution in [1.82, 2.24) is 9.78 Å². The number of carbonyl (C=O) groups excluding carboxylic acids is 2. The molecule has 168 valence electrons. The van der Waals surface area contributed by atoms with Gasteiger partial charge in [-0.05, 0) is 30.3 Å². The number of nitrogens with zero attached hydrogens (tertiary/aromatic N) is 3. The van der Waals surface area contributed by atoms with Crippen molar-refractivity contribution in [3.8, 4) is 5.75 Å². The van der Waals surface area contributed by atoms with Crippen LogP contribution in [0.3, 0.4) is 0 Å². The van der Waals surface area contributed by atoms with Crippen molar-refractivity contribution in [2.45, 2.75) is 6.73 Å². The molecule has 0 saturated carbocycles. The van der Waals surface area contributed by atoms with Gasteiger partial charge in [0.15, 0.2) is 18.2 Å². The monoisotopic (exact) mass is 486 g/mol. The lowest BCUT2D eigenvalue weighted by atomic mass is 10.2. The zero-order valence-electron chi connectivity index (χ0n) is 17.0. The van der Waals surface area contributed by atoms with E-state index in [0.717, 1.165) is 11.3 Å². The molecule has 0 atom stereocenters. The standard InChI is InChI=1S/C21H15ClN4O6S/c1-31-21(28)19-18(22)13-7-6-12(10-17(13)33-19)23-20(27)14-8-9-25(24-14)11-32-16-5-3-2-4-15(16)26(29)30/h2-10H,11H2,1H3,(H,23,27). The number of ether oxygens (including phenoxy) is 2. The largest absolute Gasteiger partial charge is 0.465 e. The number of anilines is 1. The Labute approximate surface area is 195 Å². The molecule has 0 radical (unpaired) electrons. The Hall–Kier alpha value is -3.96. The highest BCUT2D eigenvalue weighted by Gasteiger charge is 2.19. The van der Waals surface area contributed by atoms with E-state index in [0.29, 0.717) is 20.8 Å². The van der Waals surface area contributed by atoms with E-state index in [1.165, 1.54) is 36.2 Å². The summed E-state index contributed by atoms with van der Waals surface area (Å²) in [5.41, 5.74) is 0.454. The van der Waals surface area contributed by atoms with Crippen molar-refractivity contribution < 1.29 is 24.0 Å². The minimum atomic E-state index is -0.539. The van der Waals surface area contributed by atoms with Crippen molar-refractivity contribution in [1.29, 1.82) is 0 Å². The zero-order chi connectivity index (χ0) is 23.5. The van der Waals surface area contributed by atoms with Crippen molar-refractivity contribution in [2.24, 2.45) is 0 Å². The second-order valence-corrected chi connectivity index (χ2v) is 8.07. The SMILES string of the molecule is COC(=O)c1sc2cc(NC(=O)c3ccn(COc4ccccc4[N+](=O)[O-])n3)ccc2c1Cl. The van der Waals surface area contributed by atoms with Gasteiger partial charge in [-0.1, -0.05) is 23.7 Å². The Bertz CT molecular complexity index is 1380. The summed E-state index contributed by atoms with van der Waals surface area (Å²) in [6.45, 7) is -0.117. The summed E-state index contributed by atoms with van der Waals surface area (Å²) in [4.78, 5) is 35.2. The van der Waals surface area contributed by atoms with Gasteiger partial charge in [0.05, 0.1) is 17.1 Å². The highest BCUT2D eigenvalue weighted by atomic mass is 35.5. The number of thiophene rings is 1. The average molecular weight is 487 g/mol. The molecule has 0 aliphatic carbocycles. The van der Waals surface area contributed by atoms with Crippen molar-refractivity contribution in [3.05, 3.63) is 80.4 Å². The minimum absolute atomic E-state index is 0.0956. The minimum Gasteiger partial charge on any atom is -0.465 e. The summed E-state index contributed by atoms with van der Waals surface area (Å²) < 4.78 is 12.2. The Morgan fingerprint density at radius 2 is 2.03 bits per heavy atom. The van der Waals surface area contributed by atoms with E-state index in [1.54, 1.807) is 30.3 Å². The predicted octanol–water partition coefficient (Wildman–Crippen LogP) is 4.73. The van der Waals surface area contributed by atoms with Crippen LogP contribution in [0.25, 0.3) is 10.1 Å². The Kier molecular flexibility index (Phi) is 6.24. The second kappa shape index (κ2) is 9.27. The first kappa shape index (κ1) is 22.2. The van der Waals surface area contributed by atoms with Gasteiger partial charge < -0.3 is 14.8 Å². The molecule has 12 heteroatoms. The molecule has 4 aromatic rings. The van der Waals surface area contributed by atoms with Crippen LogP contribution in [0.4, 0.5) is 11.4 Å². The van der Waals surface area contributed by atoms with Crippen LogP contribution >= 0.6 is 22.9 Å². The van der Waals surface area contributed by atoms with Crippen LogP contribution in [0.1, 0.15) is 20.2 Å². The lowest BCUT2D eigenvalue weighted by Gasteiger charge is -2.06. The number of nitro groups is 1. The first-order chi connectivity index (χ1) is 15.9. The van der Waals surface area contributed by atoms with Gasteiger partial charge in [-0.3, -0.25) is 14.9 Å². The number of esters is 1. The van der Waals surface area contributed by atoms with Crippen LogP contribution in [0, 0.1) is 10.1 Å². The highest BCUT2D eigenvalue weighted by Crippen LogP contribution is 2.37. The van der Waals surface area contributed by atoms with Crippen molar-refractivity contribution in [2.75, 3.05) is 12.4 Å². The molecular formula is C21H15ClN4O6S. The molecule has 1 amide bonds. The summed E-state index contributed by atoms with van der Waals surface area (Å²) >= 11 is 7.41. The molecule has 0 unspecified atom stereocenters. The highest BCUT2D eigenvalue weighted by molar-refractivity contribution is 7.21. The fraction of sp³-hybridized carbons (Fsp3) is 0.0952. The number of fused-ring (bicyclic) bond motifs is 1. The number of halogens is 1. The number of methoxy groups -OCH3 is 1. The fourth-order valence-electron chi connectivity index (χ4n) is 2.98. The molecule has 0 aliphatic rings. The zero-order valence-corrected chi connectivity index (χ0v) is 18.6. The molecule has 0 saturated heterocycles. The topological polar surface area (TPSA) is 126 Å². The number of hydrogen-bond acceptors (Lipinski definition) is 8. The number of rotatable bonds is 7. The summed E-state index contributed by atoms with van der Waals surface area (Å²) in [6.07, 6.45) is 1.52. The fourth-order valence-corrected chi connectivity index (χ4v) is 4.45. The Morgan fingerprint density at radius 1 is 1.24 bits per heavy atom. The lowest BCUT2D eigenvalue weighted by Crippen LogP contribution is -2.14. The van der Waals surface area contributed by atoms with Gasteiger partial charge in [-0.15, -0.1) is 11.3 Å². The van der Waals surface area contributed by atoms with Crippen LogP contribution in [-0.2, 0) is 11.5 Å². The summed E-state index contributed by atoms with van der Waals surface area (Å²) in [5.74, 6) is -0.895. The predicted molar refractivity (Wildman–Crippen MR) is 122 cm³/mol. The summed E-state index contributed by atoms with van der Waals surface area (Å²) in [5, 5.41) is 18.9. The van der Waals surface area contributed by atoms with Gasteiger partial charge in [0.1, 0.15) is 4.88 Å². The number of carbonyl (C=O) groups is 2. The lowest BCUT2D eigenvalue weighted by molar-refractivity contribution is -0.386. The quantitative estimate of drug-likeness (QED) is 0.227. The van der Waals surface area contributed by atoms with Crippen LogP contribution in [0.15, 0.2) is 54.7 Å². The van der Waals surface area contributed by atoms with Gasteiger partial charge in [0.25, 0.3) is 5.91 Å². The van der Waals surface area contributed by atoms with Crippen LogP contribution < -0.4 is 10.1 Å². The number of hydrogen-bond donors (Lipinski definition) is 1. The van der Waals surface area contributed by atoms with Gasteiger partial charge in [0, 0.05) is 28.0 Å². The number of nitro benzene ring substituents is 1. The van der Waals surface area contributed by atoms with E-state index in [-0.39, 0.29) is 28.7 Å². The maximum absolute atomic E-state index is 12.6. The molecule has 0 spiro atoms. The third kappa shape index (κ3) is 4.64. The van der Waals surface area contributed by atoms with E-state index in [4.69, 9.17) is 21.1 Å². The molecule has 1 N–H and O–H groups in total. The molecule has 0 bridgehead atoms. The molecule has 2 heterocycles. The molecule has 4 rings (SSSR count). The van der Waals surface area contributed by atoms with Crippen molar-refractivity contribution >= 4 is 56.3 Å². The molecule has 2 aromatic carbocycles. The van der Waals surface area contributed by atoms with E-state index >= 15 is 0 Å². The van der Waals surface area contributed by atoms with Crippen molar-refractivity contribution in [3.63, 3.8) is 0 Å². The van der Waals surface area contributed by atoms with Gasteiger partial charge in [0.2, 0.25) is 0 Å². The average Bonchev–Trinajstić information content (AvgIpc) is 3.42. The van der Waals surface area contributed by atoms with Gasteiger partial charge >= 0.3 is 11.7 Å². The summed E-state index contributed by atoms with van der Waals surface area (Å²) in [6, 6.07) is 12.5. The van der Waals surface area contributed by atoms with E-state index in [1.807, 2.05) is 0 Å². The van der Waals surface area contributed by atoms with Crippen LogP contribution in [-0.4, -0.2) is 33.7 Å². The molecular weight excluding hydrogens is 472 g/mol. The maximum Gasteiger partial charge on any atom is 0.349 e. The second-order valence-electron chi connectivity index (χ2n) is 6.64. The molecule has 0 fully saturated rings. The first-order valence-electron chi connectivity index (χ1n) is 9.38. The van der Waals surface area contributed by atoms with Gasteiger partial charge in [-0.25, -0.2) is 9.48 Å². The Morgan fingerprint density at radius 3 is 2.79 bits per heavy atom. The first-order valence-corrected chi connectivity index (χ1v) is 10.6. The van der Waals surface area contributed by atoms with E-state index in [9.17, 15) is 19.7 Å². The van der Waals surface area contributed by atoms with Gasteiger partial charge in [-0.2, -0.15) is 5.10 Å². The number of para-hydroxylation sites is 2. The summed E-state index contributed by atoms with van der Waals surface area (Å²) in [7, 11) is 1.28. The molecule has 0 aliphatic heterocycles. The smallest absolute Gasteiger partial charge is 0.349 e. The number of aromatic nitrogens is 2. The number of benzene rings is 2.